The molecule has 0 aliphatic carbocycles. The molecule has 0 saturated carbocycles. The highest BCUT2D eigenvalue weighted by atomic mass is 35.5. The summed E-state index contributed by atoms with van der Waals surface area (Å²) < 4.78 is 52.5. The lowest BCUT2D eigenvalue weighted by atomic mass is 10.1. The third-order valence-electron chi connectivity index (χ3n) is 4.08. The molecule has 0 N–H and O–H groups in total. The molecule has 28 heavy (non-hydrogen) atoms. The largest absolute Gasteiger partial charge is 0.406 e. The van der Waals surface area contributed by atoms with Crippen LogP contribution in [0.1, 0.15) is 0 Å². The minimum atomic E-state index is -4.53. The van der Waals surface area contributed by atoms with E-state index in [9.17, 15) is 27.2 Å². The first-order chi connectivity index (χ1) is 13.1. The summed E-state index contributed by atoms with van der Waals surface area (Å²) in [7, 11) is 1.02. The number of thiophene rings is 1. The van der Waals surface area contributed by atoms with Crippen molar-refractivity contribution in [2.24, 2.45) is 0 Å². The average molecular weight is 433 g/mol. The van der Waals surface area contributed by atoms with Gasteiger partial charge in [0.1, 0.15) is 18.9 Å². The van der Waals surface area contributed by atoms with Crippen molar-refractivity contribution in [3.63, 3.8) is 0 Å². The van der Waals surface area contributed by atoms with Crippen molar-refractivity contribution in [1.29, 1.82) is 0 Å². The molecule has 0 aliphatic heterocycles. The van der Waals surface area contributed by atoms with Crippen LogP contribution in [0, 0.1) is 5.82 Å². The van der Waals surface area contributed by atoms with E-state index in [-0.39, 0.29) is 5.02 Å². The van der Waals surface area contributed by atoms with Crippen LogP contribution < -0.4 is 5.56 Å². The molecule has 0 aliphatic rings. The van der Waals surface area contributed by atoms with E-state index >= 15 is 0 Å². The van der Waals surface area contributed by atoms with E-state index in [4.69, 9.17) is 11.6 Å². The molecule has 0 unspecified atom stereocenters. The van der Waals surface area contributed by atoms with Crippen molar-refractivity contribution in [2.75, 3.05) is 13.6 Å². The molecule has 148 valence electrons. The van der Waals surface area contributed by atoms with Crippen LogP contribution in [-0.2, 0) is 11.3 Å². The van der Waals surface area contributed by atoms with Gasteiger partial charge in [-0.05, 0) is 23.8 Å². The SMILES string of the molecule is CN(CC(F)(F)F)C(=O)Cn1ccc2scc(-c3ccc(F)c(Cl)c3)c2c1=O. The molecule has 0 bridgehead atoms. The van der Waals surface area contributed by atoms with Gasteiger partial charge in [-0.3, -0.25) is 9.59 Å². The lowest BCUT2D eigenvalue weighted by Gasteiger charge is -2.19. The quantitative estimate of drug-likeness (QED) is 0.568. The van der Waals surface area contributed by atoms with Gasteiger partial charge < -0.3 is 9.47 Å². The molecule has 1 aromatic carbocycles. The molecule has 0 atom stereocenters. The van der Waals surface area contributed by atoms with E-state index in [0.29, 0.717) is 26.1 Å². The number of hydrogen-bond donors (Lipinski definition) is 0. The van der Waals surface area contributed by atoms with Crippen LogP contribution in [0.15, 0.2) is 40.6 Å². The van der Waals surface area contributed by atoms with Crippen LogP contribution in [0.5, 0.6) is 0 Å². The zero-order valence-corrected chi connectivity index (χ0v) is 16.0. The number of hydrogen-bond acceptors (Lipinski definition) is 3. The molecule has 0 saturated heterocycles. The molecule has 0 radical (unpaired) electrons. The normalized spacial score (nSPS) is 11.8. The topological polar surface area (TPSA) is 42.3 Å². The van der Waals surface area contributed by atoms with Crippen LogP contribution in [0.2, 0.25) is 5.02 Å². The summed E-state index contributed by atoms with van der Waals surface area (Å²) in [6.07, 6.45) is -3.16. The third kappa shape index (κ3) is 4.20. The van der Waals surface area contributed by atoms with Gasteiger partial charge in [0.2, 0.25) is 5.91 Å². The number of carbonyl (C=O) groups excluding carboxylic acids is 1. The van der Waals surface area contributed by atoms with Gasteiger partial charge in [-0.1, -0.05) is 17.7 Å². The lowest BCUT2D eigenvalue weighted by Crippen LogP contribution is -2.39. The highest BCUT2D eigenvalue weighted by molar-refractivity contribution is 7.17. The molecule has 2 heterocycles. The fourth-order valence-corrected chi connectivity index (χ4v) is 3.84. The summed E-state index contributed by atoms with van der Waals surface area (Å²) in [5.74, 6) is -1.44. The van der Waals surface area contributed by atoms with Crippen LogP contribution in [0.4, 0.5) is 17.6 Å². The van der Waals surface area contributed by atoms with E-state index < -0.39 is 36.5 Å². The molecule has 2 aromatic heterocycles. The van der Waals surface area contributed by atoms with Gasteiger partial charge in [0.05, 0.1) is 10.4 Å². The Morgan fingerprint density at radius 1 is 1.29 bits per heavy atom. The predicted octanol–water partition coefficient (Wildman–Crippen LogP) is 4.54. The Morgan fingerprint density at radius 2 is 2.00 bits per heavy atom. The van der Waals surface area contributed by atoms with Gasteiger partial charge in [0.15, 0.2) is 0 Å². The van der Waals surface area contributed by atoms with Gasteiger partial charge in [-0.2, -0.15) is 13.2 Å². The van der Waals surface area contributed by atoms with E-state index in [1.807, 2.05) is 0 Å². The van der Waals surface area contributed by atoms with Crippen molar-refractivity contribution in [2.45, 2.75) is 12.7 Å². The molecule has 0 spiro atoms. The van der Waals surface area contributed by atoms with E-state index in [0.717, 1.165) is 11.6 Å². The van der Waals surface area contributed by atoms with Crippen molar-refractivity contribution in [1.82, 2.24) is 9.47 Å². The van der Waals surface area contributed by atoms with Crippen LogP contribution >= 0.6 is 22.9 Å². The van der Waals surface area contributed by atoms with Gasteiger partial charge in [0, 0.05) is 28.9 Å². The van der Waals surface area contributed by atoms with E-state index in [1.165, 1.54) is 35.7 Å². The second kappa shape index (κ2) is 7.56. The highest BCUT2D eigenvalue weighted by Crippen LogP contribution is 2.33. The molecular weight excluding hydrogens is 420 g/mol. The maximum Gasteiger partial charge on any atom is 0.406 e. The Morgan fingerprint density at radius 3 is 2.64 bits per heavy atom. The number of alkyl halides is 3. The standard InChI is InChI=1S/C18H13ClF4N2O2S/c1-24(9-18(21,22)23)15(26)7-25-5-4-14-16(17(25)27)11(8-28-14)10-2-3-13(20)12(19)6-10/h2-6,8H,7,9H2,1H3. The number of carbonyl (C=O) groups is 1. The van der Waals surface area contributed by atoms with Crippen molar-refractivity contribution >= 4 is 38.9 Å². The summed E-state index contributed by atoms with van der Waals surface area (Å²) >= 11 is 7.09. The number of halogens is 5. The predicted molar refractivity (Wildman–Crippen MR) is 100 cm³/mol. The maximum atomic E-state index is 13.4. The Labute approximate surface area is 165 Å². The van der Waals surface area contributed by atoms with Crippen molar-refractivity contribution < 1.29 is 22.4 Å². The Hall–Kier alpha value is -2.39. The fourth-order valence-electron chi connectivity index (χ4n) is 2.71. The summed E-state index contributed by atoms with van der Waals surface area (Å²) in [5.41, 5.74) is 0.508. The average Bonchev–Trinajstić information content (AvgIpc) is 3.03. The zero-order valence-electron chi connectivity index (χ0n) is 14.4. The molecule has 3 aromatic rings. The first-order valence-corrected chi connectivity index (χ1v) is 9.19. The zero-order chi connectivity index (χ0) is 20.6. The van der Waals surface area contributed by atoms with Crippen LogP contribution in [0.3, 0.4) is 0 Å². The van der Waals surface area contributed by atoms with Gasteiger partial charge in [-0.15, -0.1) is 11.3 Å². The summed E-state index contributed by atoms with van der Waals surface area (Å²) in [4.78, 5) is 25.4. The Bertz CT molecular complexity index is 1110. The number of likely N-dealkylation sites (N-methyl/N-ethyl adjacent to an activating group) is 1. The number of fused-ring (bicyclic) bond motifs is 1. The van der Waals surface area contributed by atoms with Gasteiger partial charge >= 0.3 is 6.18 Å². The van der Waals surface area contributed by atoms with E-state index in [1.54, 1.807) is 11.4 Å². The minimum Gasteiger partial charge on any atom is -0.335 e. The second-order valence-corrected chi connectivity index (χ2v) is 7.45. The van der Waals surface area contributed by atoms with Crippen molar-refractivity contribution in [3.05, 3.63) is 57.0 Å². The summed E-state index contributed by atoms with van der Waals surface area (Å²) in [5, 5.41) is 1.90. The molecule has 1 amide bonds. The monoisotopic (exact) mass is 432 g/mol. The lowest BCUT2D eigenvalue weighted by molar-refractivity contribution is -0.158. The van der Waals surface area contributed by atoms with Crippen molar-refractivity contribution in [3.8, 4) is 11.1 Å². The molecule has 4 nitrogen and oxygen atoms in total. The number of aromatic nitrogens is 1. The van der Waals surface area contributed by atoms with E-state index in [2.05, 4.69) is 0 Å². The third-order valence-corrected chi connectivity index (χ3v) is 5.32. The number of amides is 1. The molecule has 3 rings (SSSR count). The van der Waals surface area contributed by atoms with Gasteiger partial charge in [0.25, 0.3) is 5.56 Å². The van der Waals surface area contributed by atoms with Crippen LogP contribution in [-0.4, -0.2) is 35.1 Å². The first-order valence-electron chi connectivity index (χ1n) is 7.93. The molecule has 10 heteroatoms. The number of benzene rings is 1. The molecular formula is C18H13ClF4N2O2S. The van der Waals surface area contributed by atoms with Gasteiger partial charge in [-0.25, -0.2) is 4.39 Å². The number of nitrogens with zero attached hydrogens (tertiary/aromatic N) is 2. The highest BCUT2D eigenvalue weighted by Gasteiger charge is 2.31. The maximum absolute atomic E-state index is 13.4. The fraction of sp³-hybridized carbons (Fsp3) is 0.222. The molecule has 0 fully saturated rings. The minimum absolute atomic E-state index is 0.0999. The smallest absolute Gasteiger partial charge is 0.335 e. The summed E-state index contributed by atoms with van der Waals surface area (Å²) in [6, 6.07) is 5.64. The first kappa shape index (κ1) is 20.3. The Balaban J connectivity index is 1.98. The number of pyridine rings is 1. The Kier molecular flexibility index (Phi) is 5.49. The summed E-state index contributed by atoms with van der Waals surface area (Å²) in [6.45, 7) is -1.93. The second-order valence-electron chi connectivity index (χ2n) is 6.13. The number of rotatable bonds is 4. The van der Waals surface area contributed by atoms with Crippen LogP contribution in [0.25, 0.3) is 21.2 Å².